The van der Waals surface area contributed by atoms with Crippen LogP contribution >= 0.6 is 11.3 Å². The first-order valence-corrected chi connectivity index (χ1v) is 9.24. The Morgan fingerprint density at radius 2 is 1.86 bits per heavy atom. The predicted octanol–water partition coefficient (Wildman–Crippen LogP) is 4.17. The van der Waals surface area contributed by atoms with Gasteiger partial charge in [-0.25, -0.2) is 14.8 Å². The van der Waals surface area contributed by atoms with Crippen LogP contribution in [0.2, 0.25) is 0 Å². The van der Waals surface area contributed by atoms with Crippen molar-refractivity contribution in [1.29, 1.82) is 0 Å². The second kappa shape index (κ2) is 6.97. The summed E-state index contributed by atoms with van der Waals surface area (Å²) >= 11 is 1.11. The number of aromatic carboxylic acids is 1. The standard InChI is InChI=1S/C20H17N3O4S/c1-11-6-4-5-7-12(11)17-18(19(24)25)28-20(22-17)23-10-21-13-8-15(26-2)16(27-3)9-14(13)23/h4-10H,1-3H3,(H,24,25). The molecule has 0 amide bonds. The number of thiazole rings is 1. The molecule has 0 radical (unpaired) electrons. The van der Waals surface area contributed by atoms with Gasteiger partial charge in [-0.1, -0.05) is 35.6 Å². The maximum atomic E-state index is 11.8. The highest BCUT2D eigenvalue weighted by atomic mass is 32.1. The summed E-state index contributed by atoms with van der Waals surface area (Å²) in [6.07, 6.45) is 1.62. The van der Waals surface area contributed by atoms with E-state index in [1.54, 1.807) is 37.2 Å². The van der Waals surface area contributed by atoms with Gasteiger partial charge in [0.1, 0.15) is 11.2 Å². The number of hydrogen-bond donors (Lipinski definition) is 1. The number of aromatic nitrogens is 3. The molecule has 2 aromatic heterocycles. The number of nitrogens with zero attached hydrogens (tertiary/aromatic N) is 3. The molecule has 8 heteroatoms. The molecule has 0 atom stereocenters. The van der Waals surface area contributed by atoms with Gasteiger partial charge in [0, 0.05) is 17.7 Å². The summed E-state index contributed by atoms with van der Waals surface area (Å²) in [7, 11) is 3.13. The Bertz CT molecular complexity index is 1200. The minimum absolute atomic E-state index is 0.187. The SMILES string of the molecule is COc1cc2ncn(-c3nc(-c4ccccc4C)c(C(=O)O)s3)c2cc1OC. The Labute approximate surface area is 164 Å². The molecule has 0 saturated carbocycles. The monoisotopic (exact) mass is 395 g/mol. The lowest BCUT2D eigenvalue weighted by Gasteiger charge is -2.07. The maximum absolute atomic E-state index is 11.8. The molecule has 0 bridgehead atoms. The van der Waals surface area contributed by atoms with Crippen molar-refractivity contribution >= 4 is 28.3 Å². The summed E-state index contributed by atoms with van der Waals surface area (Å²) in [4.78, 5) is 21.1. The van der Waals surface area contributed by atoms with E-state index in [1.807, 2.05) is 31.2 Å². The molecular weight excluding hydrogens is 378 g/mol. The lowest BCUT2D eigenvalue weighted by atomic mass is 10.1. The van der Waals surface area contributed by atoms with E-state index in [0.29, 0.717) is 27.8 Å². The van der Waals surface area contributed by atoms with Crippen molar-refractivity contribution in [3.8, 4) is 27.9 Å². The number of rotatable bonds is 5. The molecule has 1 N–H and O–H groups in total. The van der Waals surface area contributed by atoms with Gasteiger partial charge >= 0.3 is 5.97 Å². The molecule has 4 rings (SSSR count). The second-order valence-electron chi connectivity index (χ2n) is 6.10. The molecule has 7 nitrogen and oxygen atoms in total. The van der Waals surface area contributed by atoms with Crippen LogP contribution in [-0.2, 0) is 0 Å². The van der Waals surface area contributed by atoms with E-state index >= 15 is 0 Å². The molecule has 4 aromatic rings. The number of fused-ring (bicyclic) bond motifs is 1. The molecule has 0 aliphatic rings. The molecule has 28 heavy (non-hydrogen) atoms. The van der Waals surface area contributed by atoms with Gasteiger partial charge < -0.3 is 14.6 Å². The Morgan fingerprint density at radius 1 is 1.14 bits per heavy atom. The van der Waals surface area contributed by atoms with Crippen LogP contribution in [0.5, 0.6) is 11.5 Å². The summed E-state index contributed by atoms with van der Waals surface area (Å²) in [5, 5.41) is 10.2. The van der Waals surface area contributed by atoms with E-state index in [1.165, 1.54) is 0 Å². The second-order valence-corrected chi connectivity index (χ2v) is 7.08. The van der Waals surface area contributed by atoms with Crippen molar-refractivity contribution in [2.24, 2.45) is 0 Å². The van der Waals surface area contributed by atoms with Crippen LogP contribution < -0.4 is 9.47 Å². The number of carbonyl (C=O) groups is 1. The first-order valence-electron chi connectivity index (χ1n) is 8.43. The Morgan fingerprint density at radius 3 is 2.54 bits per heavy atom. The Hall–Kier alpha value is -3.39. The third kappa shape index (κ3) is 2.87. The molecule has 0 aliphatic carbocycles. The quantitative estimate of drug-likeness (QED) is 0.546. The molecule has 142 valence electrons. The molecule has 0 aliphatic heterocycles. The predicted molar refractivity (Wildman–Crippen MR) is 107 cm³/mol. The number of carboxylic acids is 1. The third-order valence-corrected chi connectivity index (χ3v) is 5.51. The Balaban J connectivity index is 1.92. The highest BCUT2D eigenvalue weighted by Gasteiger charge is 2.22. The average Bonchev–Trinajstić information content (AvgIpc) is 3.31. The van der Waals surface area contributed by atoms with E-state index < -0.39 is 5.97 Å². The number of carboxylic acid groups (broad SMARTS) is 1. The minimum Gasteiger partial charge on any atom is -0.493 e. The zero-order valence-electron chi connectivity index (χ0n) is 15.5. The lowest BCUT2D eigenvalue weighted by Crippen LogP contribution is -1.96. The van der Waals surface area contributed by atoms with Crippen molar-refractivity contribution in [3.05, 3.63) is 53.2 Å². The number of benzene rings is 2. The number of methoxy groups -OCH3 is 2. The van der Waals surface area contributed by atoms with Gasteiger partial charge in [0.2, 0.25) is 0 Å². The molecule has 0 unspecified atom stereocenters. The number of hydrogen-bond acceptors (Lipinski definition) is 6. The van der Waals surface area contributed by atoms with Gasteiger partial charge in [-0.3, -0.25) is 4.57 Å². The fraction of sp³-hybridized carbons (Fsp3) is 0.150. The summed E-state index contributed by atoms with van der Waals surface area (Å²) in [6, 6.07) is 11.2. The van der Waals surface area contributed by atoms with Crippen LogP contribution in [-0.4, -0.2) is 39.8 Å². The molecule has 0 fully saturated rings. The molecule has 2 heterocycles. The van der Waals surface area contributed by atoms with Gasteiger partial charge in [-0.15, -0.1) is 0 Å². The summed E-state index contributed by atoms with van der Waals surface area (Å²) in [5.41, 5.74) is 3.66. The third-order valence-electron chi connectivity index (χ3n) is 4.47. The molecule has 0 spiro atoms. The first kappa shape index (κ1) is 18.0. The van der Waals surface area contributed by atoms with Crippen LogP contribution in [0.25, 0.3) is 27.4 Å². The zero-order valence-corrected chi connectivity index (χ0v) is 16.3. The zero-order chi connectivity index (χ0) is 19.8. The molecule has 2 aromatic carbocycles. The lowest BCUT2D eigenvalue weighted by molar-refractivity contribution is 0.0702. The van der Waals surface area contributed by atoms with E-state index in [9.17, 15) is 9.90 Å². The summed E-state index contributed by atoms with van der Waals surface area (Å²) < 4.78 is 12.5. The van der Waals surface area contributed by atoms with Crippen molar-refractivity contribution in [3.63, 3.8) is 0 Å². The topological polar surface area (TPSA) is 86.5 Å². The summed E-state index contributed by atoms with van der Waals surface area (Å²) in [6.45, 7) is 1.93. The van der Waals surface area contributed by atoms with Gasteiger partial charge in [-0.05, 0) is 12.5 Å². The van der Waals surface area contributed by atoms with Gasteiger partial charge in [-0.2, -0.15) is 0 Å². The number of imidazole rings is 1. The fourth-order valence-corrected chi connectivity index (χ4v) is 3.97. The van der Waals surface area contributed by atoms with Crippen LogP contribution in [0, 0.1) is 6.92 Å². The summed E-state index contributed by atoms with van der Waals surface area (Å²) in [5.74, 6) is 0.128. The largest absolute Gasteiger partial charge is 0.493 e. The normalized spacial score (nSPS) is 11.0. The molecule has 0 saturated heterocycles. The van der Waals surface area contributed by atoms with Crippen LogP contribution in [0.15, 0.2) is 42.7 Å². The fourth-order valence-electron chi connectivity index (χ4n) is 3.07. The van der Waals surface area contributed by atoms with E-state index in [4.69, 9.17) is 9.47 Å². The van der Waals surface area contributed by atoms with Crippen LogP contribution in [0.3, 0.4) is 0 Å². The van der Waals surface area contributed by atoms with Crippen LogP contribution in [0.1, 0.15) is 15.2 Å². The van der Waals surface area contributed by atoms with Gasteiger partial charge in [0.05, 0.1) is 30.9 Å². The molecular formula is C20H17N3O4S. The van der Waals surface area contributed by atoms with Crippen molar-refractivity contribution in [2.45, 2.75) is 6.92 Å². The highest BCUT2D eigenvalue weighted by molar-refractivity contribution is 7.16. The van der Waals surface area contributed by atoms with Crippen LogP contribution in [0.4, 0.5) is 0 Å². The van der Waals surface area contributed by atoms with E-state index in [2.05, 4.69) is 9.97 Å². The minimum atomic E-state index is -1.01. The number of aryl methyl sites for hydroxylation is 1. The Kier molecular flexibility index (Phi) is 4.48. The first-order chi connectivity index (χ1) is 13.5. The van der Waals surface area contributed by atoms with E-state index in [0.717, 1.165) is 28.0 Å². The van der Waals surface area contributed by atoms with E-state index in [-0.39, 0.29) is 4.88 Å². The number of ether oxygens (including phenoxy) is 2. The van der Waals surface area contributed by atoms with Crippen molar-refractivity contribution in [1.82, 2.24) is 14.5 Å². The highest BCUT2D eigenvalue weighted by Crippen LogP contribution is 2.36. The van der Waals surface area contributed by atoms with Gasteiger partial charge in [0.25, 0.3) is 0 Å². The maximum Gasteiger partial charge on any atom is 0.348 e. The average molecular weight is 395 g/mol. The van der Waals surface area contributed by atoms with Gasteiger partial charge in [0.15, 0.2) is 16.6 Å². The smallest absolute Gasteiger partial charge is 0.348 e. The van der Waals surface area contributed by atoms with Crippen molar-refractivity contribution in [2.75, 3.05) is 14.2 Å². The van der Waals surface area contributed by atoms with Crippen molar-refractivity contribution < 1.29 is 19.4 Å².